The molecule has 0 saturated carbocycles. The van der Waals surface area contributed by atoms with Gasteiger partial charge < -0.3 is 9.80 Å². The molecule has 3 aromatic rings. The monoisotopic (exact) mass is 430 g/mol. The van der Waals surface area contributed by atoms with Crippen molar-refractivity contribution in [2.75, 3.05) is 24.5 Å². The predicted molar refractivity (Wildman–Crippen MR) is 116 cm³/mol. The van der Waals surface area contributed by atoms with Gasteiger partial charge in [0, 0.05) is 19.1 Å². The summed E-state index contributed by atoms with van der Waals surface area (Å²) in [5.74, 6) is -0.405. The molecule has 0 aliphatic carbocycles. The van der Waals surface area contributed by atoms with Crippen LogP contribution in [-0.4, -0.2) is 68.3 Å². The molecule has 2 aromatic carbocycles. The number of urea groups is 1. The smallest absolute Gasteiger partial charge is 0.332 e. The third-order valence-corrected chi connectivity index (χ3v) is 5.90. The number of piperidine rings is 1. The van der Waals surface area contributed by atoms with Crippen LogP contribution in [0.3, 0.4) is 0 Å². The average molecular weight is 430 g/mol. The van der Waals surface area contributed by atoms with Crippen molar-refractivity contribution in [3.8, 4) is 5.69 Å². The third-order valence-electron chi connectivity index (χ3n) is 5.90. The van der Waals surface area contributed by atoms with Gasteiger partial charge in [-0.15, -0.1) is 5.10 Å². The summed E-state index contributed by atoms with van der Waals surface area (Å²) in [6, 6.07) is 18.0. The van der Waals surface area contributed by atoms with Gasteiger partial charge >= 0.3 is 6.03 Å². The number of nitrogens with zero attached hydrogens (tertiary/aromatic N) is 6. The SMILES string of the molecule is O=C(c1cnn(-c2ccccc2)n1)N1CCC(N2CC(=O)N(c3ccccc3)C2=O)CC1. The first-order valence-corrected chi connectivity index (χ1v) is 10.6. The number of carbonyl (C=O) groups is 3. The summed E-state index contributed by atoms with van der Waals surface area (Å²) < 4.78 is 0. The highest BCUT2D eigenvalue weighted by atomic mass is 16.2. The Labute approximate surface area is 184 Å². The van der Waals surface area contributed by atoms with E-state index in [4.69, 9.17) is 0 Å². The van der Waals surface area contributed by atoms with E-state index in [1.807, 2.05) is 36.4 Å². The molecule has 9 nitrogen and oxygen atoms in total. The van der Waals surface area contributed by atoms with Crippen LogP contribution in [0, 0.1) is 0 Å². The van der Waals surface area contributed by atoms with Crippen LogP contribution in [0.4, 0.5) is 10.5 Å². The fourth-order valence-electron chi connectivity index (χ4n) is 4.23. The number of benzene rings is 2. The van der Waals surface area contributed by atoms with Crippen molar-refractivity contribution in [1.29, 1.82) is 0 Å². The van der Waals surface area contributed by atoms with Crippen molar-refractivity contribution in [1.82, 2.24) is 24.8 Å². The van der Waals surface area contributed by atoms with Gasteiger partial charge in [0.1, 0.15) is 6.54 Å². The van der Waals surface area contributed by atoms with E-state index in [1.54, 1.807) is 34.1 Å². The Balaban J connectivity index is 1.22. The zero-order chi connectivity index (χ0) is 22.1. The van der Waals surface area contributed by atoms with Gasteiger partial charge in [0.25, 0.3) is 11.8 Å². The number of para-hydroxylation sites is 2. The second-order valence-electron chi connectivity index (χ2n) is 7.85. The topological polar surface area (TPSA) is 91.6 Å². The van der Waals surface area contributed by atoms with Crippen LogP contribution in [0.2, 0.25) is 0 Å². The lowest BCUT2D eigenvalue weighted by atomic mass is 10.0. The van der Waals surface area contributed by atoms with E-state index in [0.29, 0.717) is 31.6 Å². The van der Waals surface area contributed by atoms with Gasteiger partial charge in [-0.2, -0.15) is 9.90 Å². The van der Waals surface area contributed by atoms with Crippen LogP contribution in [0.5, 0.6) is 0 Å². The fraction of sp³-hybridized carbons (Fsp3) is 0.261. The number of imide groups is 1. The van der Waals surface area contributed by atoms with Gasteiger partial charge in [-0.3, -0.25) is 9.59 Å². The summed E-state index contributed by atoms with van der Waals surface area (Å²) in [5, 5.41) is 8.51. The Bertz CT molecular complexity index is 1140. The van der Waals surface area contributed by atoms with Gasteiger partial charge in [0.15, 0.2) is 5.69 Å². The first-order chi connectivity index (χ1) is 15.6. The van der Waals surface area contributed by atoms with Crippen molar-refractivity contribution >= 4 is 23.5 Å². The van der Waals surface area contributed by atoms with Gasteiger partial charge in [-0.25, -0.2) is 9.69 Å². The first kappa shape index (κ1) is 19.9. The van der Waals surface area contributed by atoms with Crippen LogP contribution in [0.25, 0.3) is 5.69 Å². The minimum atomic E-state index is -0.295. The average Bonchev–Trinajstić information content (AvgIpc) is 3.45. The second kappa shape index (κ2) is 8.26. The molecule has 0 radical (unpaired) electrons. The van der Waals surface area contributed by atoms with E-state index < -0.39 is 0 Å². The lowest BCUT2D eigenvalue weighted by molar-refractivity contribution is -0.116. The highest BCUT2D eigenvalue weighted by molar-refractivity contribution is 6.19. The van der Waals surface area contributed by atoms with Crippen LogP contribution in [0.1, 0.15) is 23.3 Å². The Morgan fingerprint density at radius 3 is 2.16 bits per heavy atom. The van der Waals surface area contributed by atoms with Crippen molar-refractivity contribution < 1.29 is 14.4 Å². The van der Waals surface area contributed by atoms with Gasteiger partial charge in [-0.05, 0) is 37.1 Å². The summed E-state index contributed by atoms with van der Waals surface area (Å²) >= 11 is 0. The number of anilines is 1. The number of aromatic nitrogens is 3. The molecule has 32 heavy (non-hydrogen) atoms. The molecule has 1 aromatic heterocycles. The Kier molecular flexibility index (Phi) is 5.14. The summed E-state index contributed by atoms with van der Waals surface area (Å²) in [5.41, 5.74) is 1.65. The van der Waals surface area contributed by atoms with Crippen LogP contribution in [-0.2, 0) is 4.79 Å². The maximum absolute atomic E-state index is 12.9. The third kappa shape index (κ3) is 3.62. The van der Waals surface area contributed by atoms with Gasteiger partial charge in [0.2, 0.25) is 0 Å². The van der Waals surface area contributed by atoms with E-state index in [9.17, 15) is 14.4 Å². The molecule has 0 spiro atoms. The Morgan fingerprint density at radius 2 is 1.50 bits per heavy atom. The molecule has 9 heteroatoms. The molecule has 4 amide bonds. The molecule has 2 saturated heterocycles. The standard InChI is InChI=1S/C23H22N6O3/c30-21-16-27(23(32)28(21)18-7-3-1-4-8-18)17-11-13-26(14-12-17)22(31)20-15-24-29(25-20)19-9-5-2-6-10-19/h1-10,15,17H,11-14,16H2. The quantitative estimate of drug-likeness (QED) is 0.593. The van der Waals surface area contributed by atoms with E-state index >= 15 is 0 Å². The normalized spacial score (nSPS) is 17.3. The number of hydrogen-bond donors (Lipinski definition) is 0. The largest absolute Gasteiger partial charge is 0.337 e. The maximum atomic E-state index is 12.9. The summed E-state index contributed by atoms with van der Waals surface area (Å²) in [7, 11) is 0. The highest BCUT2D eigenvalue weighted by Gasteiger charge is 2.41. The number of amides is 4. The van der Waals surface area contributed by atoms with E-state index in [2.05, 4.69) is 10.2 Å². The van der Waals surface area contributed by atoms with Crippen LogP contribution >= 0.6 is 0 Å². The van der Waals surface area contributed by atoms with Crippen LogP contribution in [0.15, 0.2) is 66.9 Å². The fourth-order valence-corrected chi connectivity index (χ4v) is 4.23. The summed E-state index contributed by atoms with van der Waals surface area (Å²) in [4.78, 5) is 44.3. The number of rotatable bonds is 4. The number of hydrogen-bond acceptors (Lipinski definition) is 5. The summed E-state index contributed by atoms with van der Waals surface area (Å²) in [6.07, 6.45) is 2.70. The van der Waals surface area contributed by atoms with E-state index in [1.165, 1.54) is 15.9 Å². The van der Waals surface area contributed by atoms with Crippen molar-refractivity contribution in [2.45, 2.75) is 18.9 Å². The van der Waals surface area contributed by atoms with Crippen molar-refractivity contribution in [2.24, 2.45) is 0 Å². The highest BCUT2D eigenvalue weighted by Crippen LogP contribution is 2.26. The first-order valence-electron chi connectivity index (χ1n) is 10.6. The summed E-state index contributed by atoms with van der Waals surface area (Å²) in [6.45, 7) is 1.05. The zero-order valence-electron chi connectivity index (χ0n) is 17.4. The molecular formula is C23H22N6O3. The lowest BCUT2D eigenvalue weighted by Gasteiger charge is -2.35. The molecule has 2 aliphatic rings. The molecular weight excluding hydrogens is 408 g/mol. The predicted octanol–water partition coefficient (Wildman–Crippen LogP) is 2.34. The molecule has 0 bridgehead atoms. The molecule has 162 valence electrons. The molecule has 5 rings (SSSR count). The van der Waals surface area contributed by atoms with Crippen molar-refractivity contribution in [3.63, 3.8) is 0 Å². The lowest BCUT2D eigenvalue weighted by Crippen LogP contribution is -2.48. The second-order valence-corrected chi connectivity index (χ2v) is 7.85. The molecule has 0 atom stereocenters. The number of likely N-dealkylation sites (tertiary alicyclic amines) is 1. The molecule has 2 aliphatic heterocycles. The molecule has 0 N–H and O–H groups in total. The van der Waals surface area contributed by atoms with Gasteiger partial charge in [-0.1, -0.05) is 36.4 Å². The zero-order valence-corrected chi connectivity index (χ0v) is 17.4. The van der Waals surface area contributed by atoms with Crippen molar-refractivity contribution in [3.05, 3.63) is 72.6 Å². The van der Waals surface area contributed by atoms with Crippen LogP contribution < -0.4 is 4.90 Å². The Morgan fingerprint density at radius 1 is 0.875 bits per heavy atom. The molecule has 2 fully saturated rings. The molecule has 0 unspecified atom stereocenters. The minimum Gasteiger partial charge on any atom is -0.337 e. The van der Waals surface area contributed by atoms with Gasteiger partial charge in [0.05, 0.1) is 17.6 Å². The van der Waals surface area contributed by atoms with E-state index in [-0.39, 0.29) is 36.1 Å². The number of carbonyl (C=O) groups excluding carboxylic acids is 3. The molecule has 3 heterocycles. The maximum Gasteiger partial charge on any atom is 0.332 e. The Hall–Kier alpha value is -4.01. The minimum absolute atomic E-state index is 0.0672. The van der Waals surface area contributed by atoms with E-state index in [0.717, 1.165) is 5.69 Å².